The van der Waals surface area contributed by atoms with E-state index in [1.807, 2.05) is 0 Å². The lowest BCUT2D eigenvalue weighted by Gasteiger charge is -2.17. The van der Waals surface area contributed by atoms with E-state index in [-0.39, 0.29) is 29.0 Å². The Hall–Kier alpha value is -2.11. The largest absolute Gasteiger partial charge is 0.504 e. The van der Waals surface area contributed by atoms with Crippen LogP contribution in [0.4, 0.5) is 0 Å². The molecule has 1 aromatic rings. The summed E-state index contributed by atoms with van der Waals surface area (Å²) in [4.78, 5) is 10.6. The molecule has 0 heterocycles. The summed E-state index contributed by atoms with van der Waals surface area (Å²) in [6.45, 7) is 3.74. The number of ether oxygens (including phenoxy) is 3. The van der Waals surface area contributed by atoms with Crippen LogP contribution in [0.15, 0.2) is 0 Å². The first-order valence-corrected chi connectivity index (χ1v) is 9.72. The quantitative estimate of drug-likeness (QED) is 0.293. The van der Waals surface area contributed by atoms with Gasteiger partial charge in [0.15, 0.2) is 11.5 Å². The molecule has 0 bridgehead atoms. The normalized spacial score (nSPS) is 10.7. The summed E-state index contributed by atoms with van der Waals surface area (Å²) in [5.41, 5.74) is 1.36. The summed E-state index contributed by atoms with van der Waals surface area (Å²) in [6.07, 6.45) is 9.38. The lowest BCUT2D eigenvalue weighted by molar-refractivity contribution is -0.141. The first-order valence-electron chi connectivity index (χ1n) is 9.72. The van der Waals surface area contributed by atoms with Gasteiger partial charge in [-0.05, 0) is 26.2 Å². The predicted molar refractivity (Wildman–Crippen MR) is 105 cm³/mol. The zero-order valence-electron chi connectivity index (χ0n) is 17.1. The Morgan fingerprint density at radius 3 is 1.81 bits per heavy atom. The topological polar surface area (TPSA) is 85.2 Å². The predicted octanol–water partition coefficient (Wildman–Crippen LogP) is 4.65. The van der Waals surface area contributed by atoms with Gasteiger partial charge in [-0.1, -0.05) is 38.5 Å². The molecule has 2 N–H and O–H groups in total. The Morgan fingerprint density at radius 2 is 1.30 bits per heavy atom. The highest BCUT2D eigenvalue weighted by molar-refractivity contribution is 5.66. The van der Waals surface area contributed by atoms with Crippen molar-refractivity contribution in [2.75, 3.05) is 20.8 Å². The van der Waals surface area contributed by atoms with Gasteiger partial charge in [-0.2, -0.15) is 0 Å². The van der Waals surface area contributed by atoms with Crippen molar-refractivity contribution >= 4 is 5.97 Å². The highest BCUT2D eigenvalue weighted by Crippen LogP contribution is 2.48. The molecule has 0 amide bonds. The van der Waals surface area contributed by atoms with Crippen LogP contribution in [0.25, 0.3) is 0 Å². The number of aromatic hydroxyl groups is 2. The molecule has 0 fully saturated rings. The number of hydrogen-bond donors (Lipinski definition) is 2. The van der Waals surface area contributed by atoms with E-state index in [2.05, 4.69) is 0 Å². The molecule has 0 aliphatic carbocycles. The number of esters is 1. The van der Waals surface area contributed by atoms with E-state index in [9.17, 15) is 15.0 Å². The lowest BCUT2D eigenvalue weighted by Crippen LogP contribution is -2.00. The smallest absolute Gasteiger partial charge is 0.302 e. The van der Waals surface area contributed by atoms with Crippen LogP contribution < -0.4 is 9.47 Å². The number of carbonyl (C=O) groups excluding carboxylic acids is 1. The number of benzene rings is 1. The van der Waals surface area contributed by atoms with Gasteiger partial charge in [0, 0.05) is 18.1 Å². The molecule has 27 heavy (non-hydrogen) atoms. The highest BCUT2D eigenvalue weighted by Gasteiger charge is 2.22. The average Bonchev–Trinajstić information content (AvgIpc) is 2.64. The molecule has 0 saturated carbocycles. The fourth-order valence-corrected chi connectivity index (χ4v) is 3.21. The zero-order valence-corrected chi connectivity index (χ0v) is 17.1. The number of hydrogen-bond acceptors (Lipinski definition) is 6. The molecule has 6 nitrogen and oxygen atoms in total. The minimum absolute atomic E-state index is 0.0240. The van der Waals surface area contributed by atoms with Crippen molar-refractivity contribution in [3.05, 3.63) is 11.1 Å². The standard InChI is InChI=1S/C21H34O6/c1-15-17(19(24)21(26-4)20(25-3)18(15)23)13-11-9-7-5-6-8-10-12-14-27-16(2)22/h23-24H,5-14H2,1-4H3. The molecule has 1 rings (SSSR count). The molecular formula is C21H34O6. The molecular weight excluding hydrogens is 348 g/mol. The maximum atomic E-state index is 10.6. The fraction of sp³-hybridized carbons (Fsp3) is 0.667. The molecule has 0 unspecified atom stereocenters. The summed E-state index contributed by atoms with van der Waals surface area (Å²) in [5.74, 6) is 0.224. The maximum Gasteiger partial charge on any atom is 0.302 e. The van der Waals surface area contributed by atoms with Crippen molar-refractivity contribution in [3.63, 3.8) is 0 Å². The van der Waals surface area contributed by atoms with Crippen LogP contribution in [0, 0.1) is 6.92 Å². The van der Waals surface area contributed by atoms with Crippen molar-refractivity contribution in [1.29, 1.82) is 0 Å². The SMILES string of the molecule is COc1c(O)c(C)c(CCCCCCCCCCOC(C)=O)c(O)c1OC. The molecule has 0 atom stereocenters. The van der Waals surface area contributed by atoms with E-state index in [0.717, 1.165) is 44.1 Å². The molecule has 0 aliphatic rings. The molecule has 0 radical (unpaired) electrons. The summed E-state index contributed by atoms with van der Waals surface area (Å²) < 4.78 is 15.2. The monoisotopic (exact) mass is 382 g/mol. The Labute approximate surface area is 162 Å². The highest BCUT2D eigenvalue weighted by atomic mass is 16.5. The van der Waals surface area contributed by atoms with Gasteiger partial charge in [0.2, 0.25) is 11.5 Å². The van der Waals surface area contributed by atoms with Gasteiger partial charge in [-0.15, -0.1) is 0 Å². The van der Waals surface area contributed by atoms with Gasteiger partial charge in [0.25, 0.3) is 0 Å². The van der Waals surface area contributed by atoms with Crippen LogP contribution in [0.1, 0.15) is 69.4 Å². The van der Waals surface area contributed by atoms with Gasteiger partial charge in [-0.25, -0.2) is 0 Å². The van der Waals surface area contributed by atoms with Crippen molar-refractivity contribution in [2.45, 2.75) is 71.6 Å². The van der Waals surface area contributed by atoms with Crippen LogP contribution in [-0.4, -0.2) is 37.0 Å². The zero-order chi connectivity index (χ0) is 20.2. The maximum absolute atomic E-state index is 10.6. The molecule has 0 spiro atoms. The van der Waals surface area contributed by atoms with Crippen molar-refractivity contribution in [1.82, 2.24) is 0 Å². The summed E-state index contributed by atoms with van der Waals surface area (Å²) >= 11 is 0. The average molecular weight is 382 g/mol. The Morgan fingerprint density at radius 1 is 0.815 bits per heavy atom. The second-order valence-corrected chi connectivity index (χ2v) is 6.79. The van der Waals surface area contributed by atoms with Crippen molar-refractivity contribution in [2.24, 2.45) is 0 Å². The van der Waals surface area contributed by atoms with E-state index in [0.29, 0.717) is 18.6 Å². The van der Waals surface area contributed by atoms with E-state index in [1.54, 1.807) is 6.92 Å². The van der Waals surface area contributed by atoms with Gasteiger partial charge >= 0.3 is 5.97 Å². The number of phenols is 2. The summed E-state index contributed by atoms with van der Waals surface area (Å²) in [5, 5.41) is 20.7. The third-order valence-corrected chi connectivity index (χ3v) is 4.76. The van der Waals surface area contributed by atoms with Gasteiger partial charge in [0.1, 0.15) is 0 Å². The van der Waals surface area contributed by atoms with Crippen molar-refractivity contribution < 1.29 is 29.2 Å². The van der Waals surface area contributed by atoms with Crippen LogP contribution in [0.5, 0.6) is 23.0 Å². The van der Waals surface area contributed by atoms with Gasteiger partial charge < -0.3 is 24.4 Å². The van der Waals surface area contributed by atoms with E-state index < -0.39 is 0 Å². The van der Waals surface area contributed by atoms with E-state index >= 15 is 0 Å². The first kappa shape index (κ1) is 22.9. The van der Waals surface area contributed by atoms with E-state index in [1.165, 1.54) is 34.0 Å². The number of methoxy groups -OCH3 is 2. The first-order chi connectivity index (χ1) is 12.9. The van der Waals surface area contributed by atoms with Gasteiger partial charge in [-0.3, -0.25) is 4.79 Å². The van der Waals surface area contributed by atoms with Gasteiger partial charge in [0.05, 0.1) is 20.8 Å². The molecule has 0 aromatic heterocycles. The summed E-state index contributed by atoms with van der Waals surface area (Å²) in [6, 6.07) is 0. The third kappa shape index (κ3) is 7.19. The van der Waals surface area contributed by atoms with Crippen LogP contribution in [0.3, 0.4) is 0 Å². The second-order valence-electron chi connectivity index (χ2n) is 6.79. The van der Waals surface area contributed by atoms with Crippen LogP contribution >= 0.6 is 0 Å². The van der Waals surface area contributed by atoms with E-state index in [4.69, 9.17) is 14.2 Å². The molecule has 6 heteroatoms. The Balaban J connectivity index is 2.31. The Kier molecular flexibility index (Phi) is 10.5. The summed E-state index contributed by atoms with van der Waals surface area (Å²) in [7, 11) is 2.88. The number of carbonyl (C=O) groups is 1. The minimum atomic E-state index is -0.209. The van der Waals surface area contributed by atoms with Crippen LogP contribution in [0.2, 0.25) is 0 Å². The third-order valence-electron chi connectivity index (χ3n) is 4.76. The molecule has 0 saturated heterocycles. The number of rotatable bonds is 13. The lowest BCUT2D eigenvalue weighted by atomic mass is 9.98. The van der Waals surface area contributed by atoms with Crippen molar-refractivity contribution in [3.8, 4) is 23.0 Å². The molecule has 0 aliphatic heterocycles. The number of unbranched alkanes of at least 4 members (excludes halogenated alkanes) is 7. The molecule has 154 valence electrons. The number of phenolic OH excluding ortho intramolecular Hbond substituents is 2. The molecule has 1 aromatic carbocycles. The van der Waals surface area contributed by atoms with Crippen LogP contribution in [-0.2, 0) is 16.0 Å². The minimum Gasteiger partial charge on any atom is -0.504 e. The second kappa shape index (κ2) is 12.3. The Bertz CT molecular complexity index is 597. The fourth-order valence-electron chi connectivity index (χ4n) is 3.21.